The Morgan fingerprint density at radius 3 is 2.18 bits per heavy atom. The van der Waals surface area contributed by atoms with Crippen molar-refractivity contribution in [1.82, 2.24) is 10.6 Å². The lowest BCUT2D eigenvalue weighted by Gasteiger charge is -2.19. The van der Waals surface area contributed by atoms with Gasteiger partial charge in [0.15, 0.2) is 0 Å². The third-order valence-corrected chi connectivity index (χ3v) is 4.56. The van der Waals surface area contributed by atoms with Crippen LogP contribution in [0, 0.1) is 0 Å². The minimum atomic E-state index is -0.183. The lowest BCUT2D eigenvalue weighted by Crippen LogP contribution is -2.37. The minimum Gasteiger partial charge on any atom is -0.497 e. The van der Waals surface area contributed by atoms with Crippen molar-refractivity contribution >= 4 is 6.03 Å². The Morgan fingerprint density at radius 1 is 1.00 bits per heavy atom. The quantitative estimate of drug-likeness (QED) is 0.641. The van der Waals surface area contributed by atoms with E-state index in [1.807, 2.05) is 43.3 Å². The van der Waals surface area contributed by atoms with E-state index in [1.165, 1.54) is 5.56 Å². The van der Waals surface area contributed by atoms with Crippen LogP contribution in [0.15, 0.2) is 48.5 Å². The topological polar surface area (TPSA) is 59.6 Å². The zero-order chi connectivity index (χ0) is 20.6. The standard InChI is InChI=1S/C23H32N2O3/c1-17(18-7-11-20(27-5)12-8-18)25-22(26)24-15-6-16-28-21-13-9-19(10-14-21)23(2,3)4/h7-14,17H,6,15-16H2,1-5H3,(H2,24,25,26). The van der Waals surface area contributed by atoms with E-state index in [9.17, 15) is 4.79 Å². The fourth-order valence-electron chi connectivity index (χ4n) is 2.74. The van der Waals surface area contributed by atoms with Crippen molar-refractivity contribution in [1.29, 1.82) is 0 Å². The summed E-state index contributed by atoms with van der Waals surface area (Å²) in [6, 6.07) is 15.6. The molecule has 0 aromatic heterocycles. The van der Waals surface area contributed by atoms with E-state index in [1.54, 1.807) is 7.11 Å². The third kappa shape index (κ3) is 6.80. The average Bonchev–Trinajstić information content (AvgIpc) is 2.67. The number of urea groups is 1. The van der Waals surface area contributed by atoms with E-state index in [0.717, 1.165) is 23.5 Å². The first-order chi connectivity index (χ1) is 13.3. The van der Waals surface area contributed by atoms with Crippen molar-refractivity contribution in [2.45, 2.75) is 45.6 Å². The summed E-state index contributed by atoms with van der Waals surface area (Å²) < 4.78 is 10.9. The summed E-state index contributed by atoms with van der Waals surface area (Å²) in [4.78, 5) is 12.0. The molecule has 0 heterocycles. The first-order valence-corrected chi connectivity index (χ1v) is 9.71. The average molecular weight is 385 g/mol. The molecule has 0 saturated carbocycles. The van der Waals surface area contributed by atoms with Crippen molar-refractivity contribution in [2.24, 2.45) is 0 Å². The highest BCUT2D eigenvalue weighted by Crippen LogP contribution is 2.24. The van der Waals surface area contributed by atoms with Gasteiger partial charge in [-0.25, -0.2) is 4.79 Å². The molecular weight excluding hydrogens is 352 g/mol. The van der Waals surface area contributed by atoms with Crippen molar-refractivity contribution in [3.63, 3.8) is 0 Å². The Balaban J connectivity index is 1.65. The highest BCUT2D eigenvalue weighted by molar-refractivity contribution is 5.74. The van der Waals surface area contributed by atoms with Gasteiger partial charge in [-0.3, -0.25) is 0 Å². The number of hydrogen-bond donors (Lipinski definition) is 2. The van der Waals surface area contributed by atoms with Crippen molar-refractivity contribution < 1.29 is 14.3 Å². The predicted molar refractivity (Wildman–Crippen MR) is 113 cm³/mol. The fourth-order valence-corrected chi connectivity index (χ4v) is 2.74. The van der Waals surface area contributed by atoms with E-state index in [2.05, 4.69) is 43.5 Å². The Labute approximate surface area is 168 Å². The Morgan fingerprint density at radius 2 is 1.61 bits per heavy atom. The summed E-state index contributed by atoms with van der Waals surface area (Å²) in [5.41, 5.74) is 2.45. The van der Waals surface area contributed by atoms with Crippen LogP contribution in [0.5, 0.6) is 11.5 Å². The van der Waals surface area contributed by atoms with Crippen LogP contribution in [0.3, 0.4) is 0 Å². The van der Waals surface area contributed by atoms with Crippen LogP contribution in [-0.2, 0) is 5.41 Å². The van der Waals surface area contributed by atoms with E-state index in [4.69, 9.17) is 9.47 Å². The van der Waals surface area contributed by atoms with Crippen LogP contribution in [0.4, 0.5) is 4.79 Å². The highest BCUT2D eigenvalue weighted by Gasteiger charge is 2.13. The second-order valence-corrected chi connectivity index (χ2v) is 7.87. The molecule has 28 heavy (non-hydrogen) atoms. The van der Waals surface area contributed by atoms with Crippen LogP contribution >= 0.6 is 0 Å². The van der Waals surface area contributed by atoms with Gasteiger partial charge >= 0.3 is 6.03 Å². The lowest BCUT2D eigenvalue weighted by atomic mass is 9.87. The number of ether oxygens (including phenoxy) is 2. The molecule has 5 nitrogen and oxygen atoms in total. The summed E-state index contributed by atoms with van der Waals surface area (Å²) in [6.07, 6.45) is 0.741. The van der Waals surface area contributed by atoms with Gasteiger partial charge in [-0.05, 0) is 54.2 Å². The number of nitrogens with one attached hydrogen (secondary N) is 2. The van der Waals surface area contributed by atoms with Gasteiger partial charge in [-0.15, -0.1) is 0 Å². The number of rotatable bonds is 8. The van der Waals surface area contributed by atoms with Crippen LogP contribution in [-0.4, -0.2) is 26.3 Å². The molecule has 0 bridgehead atoms. The number of amides is 2. The molecule has 0 saturated heterocycles. The largest absolute Gasteiger partial charge is 0.497 e. The highest BCUT2D eigenvalue weighted by atomic mass is 16.5. The first kappa shape index (κ1) is 21.6. The second-order valence-electron chi connectivity index (χ2n) is 7.87. The maximum atomic E-state index is 12.0. The summed E-state index contributed by atoms with van der Waals surface area (Å²) >= 11 is 0. The lowest BCUT2D eigenvalue weighted by molar-refractivity contribution is 0.236. The molecule has 0 radical (unpaired) electrons. The van der Waals surface area contributed by atoms with Crippen LogP contribution in [0.25, 0.3) is 0 Å². The maximum Gasteiger partial charge on any atom is 0.315 e. The molecule has 2 aromatic rings. The van der Waals surface area contributed by atoms with Gasteiger partial charge in [-0.2, -0.15) is 0 Å². The molecule has 0 aliphatic carbocycles. The molecule has 2 aromatic carbocycles. The predicted octanol–water partition coefficient (Wildman–Crippen LogP) is 4.82. The fraction of sp³-hybridized carbons (Fsp3) is 0.435. The zero-order valence-corrected chi connectivity index (χ0v) is 17.5. The Bertz CT molecular complexity index is 734. The van der Waals surface area contributed by atoms with Gasteiger partial charge in [0.2, 0.25) is 0 Å². The SMILES string of the molecule is COc1ccc(C(C)NC(=O)NCCCOc2ccc(C(C)(C)C)cc2)cc1. The number of hydrogen-bond acceptors (Lipinski definition) is 3. The van der Waals surface area contributed by atoms with Gasteiger partial charge in [0.25, 0.3) is 0 Å². The van der Waals surface area contributed by atoms with E-state index >= 15 is 0 Å². The second kappa shape index (κ2) is 10.0. The van der Waals surface area contributed by atoms with Gasteiger partial charge in [0.1, 0.15) is 11.5 Å². The first-order valence-electron chi connectivity index (χ1n) is 9.71. The van der Waals surface area contributed by atoms with Crippen LogP contribution in [0.2, 0.25) is 0 Å². The van der Waals surface area contributed by atoms with E-state index in [-0.39, 0.29) is 17.5 Å². The molecule has 5 heteroatoms. The molecule has 2 N–H and O–H groups in total. The van der Waals surface area contributed by atoms with Crippen LogP contribution in [0.1, 0.15) is 51.3 Å². The van der Waals surface area contributed by atoms with Gasteiger partial charge in [-0.1, -0.05) is 45.0 Å². The molecule has 0 fully saturated rings. The molecule has 0 spiro atoms. The summed E-state index contributed by atoms with van der Waals surface area (Å²) in [6.45, 7) is 9.63. The molecule has 1 unspecified atom stereocenters. The number of carbonyl (C=O) groups excluding carboxylic acids is 1. The number of carbonyl (C=O) groups is 1. The smallest absolute Gasteiger partial charge is 0.315 e. The zero-order valence-electron chi connectivity index (χ0n) is 17.5. The number of methoxy groups -OCH3 is 1. The molecule has 2 amide bonds. The van der Waals surface area contributed by atoms with Gasteiger partial charge in [0.05, 0.1) is 19.8 Å². The van der Waals surface area contributed by atoms with Crippen molar-refractivity contribution in [3.05, 3.63) is 59.7 Å². The van der Waals surface area contributed by atoms with Crippen LogP contribution < -0.4 is 20.1 Å². The van der Waals surface area contributed by atoms with E-state index < -0.39 is 0 Å². The van der Waals surface area contributed by atoms with Gasteiger partial charge < -0.3 is 20.1 Å². The summed E-state index contributed by atoms with van der Waals surface area (Å²) in [5, 5.41) is 5.80. The third-order valence-electron chi connectivity index (χ3n) is 4.56. The van der Waals surface area contributed by atoms with Gasteiger partial charge in [0, 0.05) is 6.54 Å². The molecule has 0 aliphatic heterocycles. The number of benzene rings is 2. The summed E-state index contributed by atoms with van der Waals surface area (Å²) in [5.74, 6) is 1.65. The Hall–Kier alpha value is -2.69. The Kier molecular flexibility index (Phi) is 7.73. The molecule has 0 aliphatic rings. The molecular formula is C23H32N2O3. The maximum absolute atomic E-state index is 12.0. The minimum absolute atomic E-state index is 0.0801. The molecule has 2 rings (SSSR count). The molecule has 152 valence electrons. The summed E-state index contributed by atoms with van der Waals surface area (Å²) in [7, 11) is 1.63. The van der Waals surface area contributed by atoms with Crippen molar-refractivity contribution in [2.75, 3.05) is 20.3 Å². The van der Waals surface area contributed by atoms with Crippen molar-refractivity contribution in [3.8, 4) is 11.5 Å². The monoisotopic (exact) mass is 384 g/mol. The van der Waals surface area contributed by atoms with E-state index in [0.29, 0.717) is 13.2 Å². The normalized spacial score (nSPS) is 12.2. The molecule has 1 atom stereocenters.